The van der Waals surface area contributed by atoms with E-state index in [1.54, 1.807) is 0 Å². The fourth-order valence-corrected chi connectivity index (χ4v) is 2.72. The molecule has 2 N–H and O–H groups in total. The number of rotatable bonds is 3. The van der Waals surface area contributed by atoms with Crippen molar-refractivity contribution < 1.29 is 28.2 Å². The third kappa shape index (κ3) is 2.69. The summed E-state index contributed by atoms with van der Waals surface area (Å²) in [7, 11) is 0. The monoisotopic (exact) mass is 336 g/mol. The van der Waals surface area contributed by atoms with Gasteiger partial charge in [0.2, 0.25) is 5.91 Å². The van der Waals surface area contributed by atoms with Crippen molar-refractivity contribution in [3.05, 3.63) is 36.0 Å². The maximum atomic E-state index is 13.6. The van der Waals surface area contributed by atoms with E-state index in [1.807, 2.05) is 0 Å². The van der Waals surface area contributed by atoms with Crippen molar-refractivity contribution in [1.82, 2.24) is 4.98 Å². The second kappa shape index (κ2) is 6.12. The lowest BCUT2D eigenvalue weighted by molar-refractivity contribution is -0.160. The lowest BCUT2D eigenvalue weighted by atomic mass is 9.79. The number of pyridine rings is 1. The zero-order valence-corrected chi connectivity index (χ0v) is 12.5. The molecule has 0 radical (unpaired) electrons. The van der Waals surface area contributed by atoms with Crippen LogP contribution in [0.3, 0.4) is 0 Å². The van der Waals surface area contributed by atoms with Gasteiger partial charge in [0.05, 0.1) is 11.9 Å². The number of anilines is 1. The summed E-state index contributed by atoms with van der Waals surface area (Å²) in [4.78, 5) is 27.9. The number of hydrogen-bond donors (Lipinski definition) is 2. The zero-order chi connectivity index (χ0) is 17.3. The van der Waals surface area contributed by atoms with Gasteiger partial charge in [0.15, 0.2) is 17.0 Å². The second-order valence-corrected chi connectivity index (χ2v) is 5.61. The molecular weight excluding hydrogens is 322 g/mol. The third-order valence-electron chi connectivity index (χ3n) is 4.19. The summed E-state index contributed by atoms with van der Waals surface area (Å²) in [6, 6.07) is 3.71. The van der Waals surface area contributed by atoms with E-state index in [9.17, 15) is 23.5 Å². The fraction of sp³-hybridized carbons (Fsp3) is 0.312. The Balaban J connectivity index is 1.90. The minimum absolute atomic E-state index is 0.0645. The molecule has 0 bridgehead atoms. The van der Waals surface area contributed by atoms with Gasteiger partial charge in [-0.25, -0.2) is 8.78 Å². The van der Waals surface area contributed by atoms with Gasteiger partial charge < -0.3 is 15.2 Å². The smallest absolute Gasteiger partial charge is 0.319 e. The van der Waals surface area contributed by atoms with Gasteiger partial charge in [-0.15, -0.1) is 0 Å². The van der Waals surface area contributed by atoms with Crippen LogP contribution >= 0.6 is 0 Å². The summed E-state index contributed by atoms with van der Waals surface area (Å²) in [6.45, 7) is 0.361. The molecule has 0 aliphatic carbocycles. The Labute approximate surface area is 135 Å². The number of hydrogen-bond acceptors (Lipinski definition) is 4. The molecule has 8 heteroatoms. The van der Waals surface area contributed by atoms with Crippen molar-refractivity contribution in [2.75, 3.05) is 18.5 Å². The predicted octanol–water partition coefficient (Wildman–Crippen LogP) is 2.33. The van der Waals surface area contributed by atoms with Crippen LogP contribution in [-0.2, 0) is 14.3 Å². The summed E-state index contributed by atoms with van der Waals surface area (Å²) < 4.78 is 31.9. The molecule has 0 saturated carbocycles. The Morgan fingerprint density at radius 3 is 2.62 bits per heavy atom. The van der Waals surface area contributed by atoms with E-state index in [0.717, 1.165) is 12.3 Å². The number of fused-ring (bicyclic) bond motifs is 1. The van der Waals surface area contributed by atoms with Crippen LogP contribution < -0.4 is 5.32 Å². The molecule has 1 aromatic carbocycles. The number of halogens is 2. The molecule has 1 aliphatic rings. The van der Waals surface area contributed by atoms with Crippen molar-refractivity contribution in [2.45, 2.75) is 12.8 Å². The molecule has 3 rings (SSSR count). The lowest BCUT2D eigenvalue weighted by Crippen LogP contribution is -2.47. The van der Waals surface area contributed by atoms with Crippen LogP contribution in [0.4, 0.5) is 14.5 Å². The first-order valence-electron chi connectivity index (χ1n) is 7.30. The van der Waals surface area contributed by atoms with E-state index in [4.69, 9.17) is 4.74 Å². The quantitative estimate of drug-likeness (QED) is 0.840. The molecule has 24 heavy (non-hydrogen) atoms. The lowest BCUT2D eigenvalue weighted by Gasteiger charge is -2.31. The fourth-order valence-electron chi connectivity index (χ4n) is 2.72. The van der Waals surface area contributed by atoms with Crippen LogP contribution in [0, 0.1) is 17.0 Å². The van der Waals surface area contributed by atoms with E-state index >= 15 is 0 Å². The van der Waals surface area contributed by atoms with Crippen molar-refractivity contribution in [1.29, 1.82) is 0 Å². The largest absolute Gasteiger partial charge is 0.480 e. The van der Waals surface area contributed by atoms with Gasteiger partial charge in [-0.3, -0.25) is 14.6 Å². The average Bonchev–Trinajstić information content (AvgIpc) is 2.58. The molecule has 1 fully saturated rings. The van der Waals surface area contributed by atoms with Crippen LogP contribution in [0.15, 0.2) is 24.4 Å². The highest BCUT2D eigenvalue weighted by Gasteiger charge is 2.47. The molecule has 0 spiro atoms. The molecule has 6 nitrogen and oxygen atoms in total. The first-order valence-corrected chi connectivity index (χ1v) is 7.30. The van der Waals surface area contributed by atoms with Gasteiger partial charge in [0.1, 0.15) is 5.52 Å². The Bertz CT molecular complexity index is 819. The zero-order valence-electron chi connectivity index (χ0n) is 12.5. The first-order chi connectivity index (χ1) is 11.4. The number of carboxylic acid groups (broad SMARTS) is 1. The molecule has 1 aliphatic heterocycles. The number of benzene rings is 1. The number of nitrogens with zero attached hydrogens (tertiary/aromatic N) is 1. The van der Waals surface area contributed by atoms with E-state index in [0.29, 0.717) is 5.39 Å². The number of aliphatic carboxylic acids is 1. The number of carboxylic acids is 1. The Kier molecular flexibility index (Phi) is 4.15. The number of ether oxygens (including phenoxy) is 1. The van der Waals surface area contributed by atoms with Crippen LogP contribution in [0.25, 0.3) is 10.9 Å². The van der Waals surface area contributed by atoms with Gasteiger partial charge in [-0.05, 0) is 31.0 Å². The highest BCUT2D eigenvalue weighted by Crippen LogP contribution is 2.33. The minimum Gasteiger partial charge on any atom is -0.480 e. The molecule has 1 aromatic heterocycles. The average molecular weight is 336 g/mol. The molecular formula is C16H14F2N2O4. The van der Waals surface area contributed by atoms with Gasteiger partial charge in [-0.2, -0.15) is 0 Å². The van der Waals surface area contributed by atoms with Gasteiger partial charge in [0.25, 0.3) is 0 Å². The standard InChI is InChI=1S/C16H14F2N2O4/c17-11-2-1-9-7-10(8-19-13(9)12(11)18)20-14(21)16(15(22)23)3-5-24-6-4-16/h1-2,7-8H,3-6H2,(H,20,21)(H,22,23). The van der Waals surface area contributed by atoms with E-state index in [2.05, 4.69) is 10.3 Å². The van der Waals surface area contributed by atoms with Crippen molar-refractivity contribution in [2.24, 2.45) is 5.41 Å². The Morgan fingerprint density at radius 2 is 1.96 bits per heavy atom. The van der Waals surface area contributed by atoms with Gasteiger partial charge in [-0.1, -0.05) is 0 Å². The molecule has 1 amide bonds. The normalized spacial score (nSPS) is 16.8. The van der Waals surface area contributed by atoms with Crippen LogP contribution in [0.1, 0.15) is 12.8 Å². The van der Waals surface area contributed by atoms with Crippen LogP contribution in [-0.4, -0.2) is 35.2 Å². The van der Waals surface area contributed by atoms with Gasteiger partial charge >= 0.3 is 5.97 Å². The first kappa shape index (κ1) is 16.3. The van der Waals surface area contributed by atoms with Crippen molar-refractivity contribution in [3.8, 4) is 0 Å². The molecule has 2 heterocycles. The van der Waals surface area contributed by atoms with E-state index in [-0.39, 0.29) is 37.3 Å². The Hall–Kier alpha value is -2.61. The highest BCUT2D eigenvalue weighted by molar-refractivity contribution is 6.08. The van der Waals surface area contributed by atoms with Crippen molar-refractivity contribution in [3.63, 3.8) is 0 Å². The minimum atomic E-state index is -1.57. The van der Waals surface area contributed by atoms with Crippen LogP contribution in [0.2, 0.25) is 0 Å². The second-order valence-electron chi connectivity index (χ2n) is 5.61. The summed E-state index contributed by atoms with van der Waals surface area (Å²) in [5, 5.41) is 12.3. The summed E-state index contributed by atoms with van der Waals surface area (Å²) >= 11 is 0. The topological polar surface area (TPSA) is 88.5 Å². The maximum Gasteiger partial charge on any atom is 0.319 e. The maximum absolute atomic E-state index is 13.6. The van der Waals surface area contributed by atoms with E-state index < -0.39 is 28.9 Å². The molecule has 0 atom stereocenters. The molecule has 2 aromatic rings. The number of amides is 1. The molecule has 1 saturated heterocycles. The highest BCUT2D eigenvalue weighted by atomic mass is 19.2. The summed E-state index contributed by atoms with van der Waals surface area (Å²) in [5.41, 5.74) is -1.51. The van der Waals surface area contributed by atoms with Gasteiger partial charge in [0, 0.05) is 18.6 Å². The van der Waals surface area contributed by atoms with E-state index in [1.165, 1.54) is 12.1 Å². The Morgan fingerprint density at radius 1 is 1.25 bits per heavy atom. The third-order valence-corrected chi connectivity index (χ3v) is 4.19. The summed E-state index contributed by atoms with van der Waals surface area (Å²) in [5.74, 6) is -3.98. The van der Waals surface area contributed by atoms with Crippen molar-refractivity contribution >= 4 is 28.5 Å². The predicted molar refractivity (Wildman–Crippen MR) is 80.4 cm³/mol. The SMILES string of the molecule is O=C(O)C1(C(=O)Nc2cnc3c(F)c(F)ccc3c2)CCOCC1. The molecule has 0 unspecified atom stereocenters. The summed E-state index contributed by atoms with van der Waals surface area (Å²) in [6.07, 6.45) is 1.29. The number of carbonyl (C=O) groups is 2. The van der Waals surface area contributed by atoms with Crippen LogP contribution in [0.5, 0.6) is 0 Å². The number of carbonyl (C=O) groups excluding carboxylic acids is 1. The number of nitrogens with one attached hydrogen (secondary N) is 1. The molecule has 126 valence electrons. The number of aromatic nitrogens is 1.